The van der Waals surface area contributed by atoms with Gasteiger partial charge in [-0.2, -0.15) is 0 Å². The molecule has 0 aliphatic rings. The molecule has 0 heterocycles. The molecule has 94 heavy (non-hydrogen) atoms. The summed E-state index contributed by atoms with van der Waals surface area (Å²) in [5.74, 6) is -2.30. The van der Waals surface area contributed by atoms with E-state index in [-0.39, 0.29) is 25.7 Å². The maximum absolute atomic E-state index is 13.0. The van der Waals surface area contributed by atoms with Gasteiger partial charge in [-0.05, 0) is 122 Å². The lowest BCUT2D eigenvalue weighted by Gasteiger charge is -2.21. The molecule has 0 aliphatic heterocycles. The normalized spacial score (nSPS) is 14.8. The van der Waals surface area contributed by atoms with Crippen molar-refractivity contribution in [3.8, 4) is 0 Å². The quantitative estimate of drug-likeness (QED) is 0.0169. The Morgan fingerprint density at radius 3 is 0.957 bits per heavy atom. The number of allylic oxidation sites excluding steroid dienone is 20. The number of hydrogen-bond acceptors (Lipinski definition) is 15. The monoisotopic (exact) mass is 1360 g/mol. The molecule has 0 radical (unpaired) electrons. The first kappa shape index (κ1) is 89.5. The van der Waals surface area contributed by atoms with Gasteiger partial charge in [-0.3, -0.25) is 37.3 Å². The minimum absolute atomic E-state index is 0.0693. The summed E-state index contributed by atoms with van der Waals surface area (Å²) in [4.78, 5) is 72.5. The molecule has 5 atom stereocenters. The van der Waals surface area contributed by atoms with Crippen LogP contribution >= 0.6 is 15.6 Å². The number of carbonyl (C=O) groups is 4. The molecule has 0 rings (SSSR count). The highest BCUT2D eigenvalue weighted by atomic mass is 31.2. The van der Waals surface area contributed by atoms with Gasteiger partial charge in [0.2, 0.25) is 0 Å². The second-order valence-corrected chi connectivity index (χ2v) is 26.3. The summed E-state index contributed by atoms with van der Waals surface area (Å²) in [6.45, 7) is 4.45. The van der Waals surface area contributed by atoms with Gasteiger partial charge in [0.15, 0.2) is 12.2 Å². The van der Waals surface area contributed by atoms with Gasteiger partial charge in [-0.15, -0.1) is 0 Å². The van der Waals surface area contributed by atoms with Gasteiger partial charge >= 0.3 is 39.5 Å². The molecule has 0 aromatic heterocycles. The van der Waals surface area contributed by atoms with E-state index in [1.807, 2.05) is 12.2 Å². The SMILES string of the molecule is CC/C=C\C/C=C\C/C=C\C/C=C\C/C=C\CCCC(=O)OCC(COP(=O)(O)OCC(O)COP(=O)(O)OCC(COC(=O)CCCC/C=C\C/C=C\C/C=C\C/C=C\CC)OC(=O)CCCCCCCCCCCCC)OC(=O)CCCCCCC/C=C\CCCC. The minimum atomic E-state index is -4.99. The highest BCUT2D eigenvalue weighted by Gasteiger charge is 2.30. The van der Waals surface area contributed by atoms with Crippen LogP contribution in [0.25, 0.3) is 0 Å². The lowest BCUT2D eigenvalue weighted by atomic mass is 10.1. The number of carbonyl (C=O) groups excluding carboxylic acids is 4. The number of rotatable bonds is 66. The van der Waals surface area contributed by atoms with E-state index >= 15 is 0 Å². The van der Waals surface area contributed by atoms with E-state index in [4.69, 9.17) is 37.0 Å². The average Bonchev–Trinajstić information content (AvgIpc) is 1.32. The number of phosphoric ester groups is 2. The van der Waals surface area contributed by atoms with Crippen LogP contribution in [0.5, 0.6) is 0 Å². The van der Waals surface area contributed by atoms with Crippen molar-refractivity contribution in [2.75, 3.05) is 39.6 Å². The zero-order valence-corrected chi connectivity index (χ0v) is 60.1. The summed E-state index contributed by atoms with van der Waals surface area (Å²) in [5, 5.41) is 10.6. The largest absolute Gasteiger partial charge is 0.472 e. The molecule has 0 saturated heterocycles. The molecule has 17 nitrogen and oxygen atoms in total. The van der Waals surface area contributed by atoms with Gasteiger partial charge in [-0.25, -0.2) is 9.13 Å². The lowest BCUT2D eigenvalue weighted by Crippen LogP contribution is -2.30. The fraction of sp³-hybridized carbons (Fsp3) is 0.680. The smallest absolute Gasteiger partial charge is 0.462 e. The van der Waals surface area contributed by atoms with Crippen molar-refractivity contribution in [1.82, 2.24) is 0 Å². The topological polar surface area (TPSA) is 237 Å². The van der Waals surface area contributed by atoms with Crippen LogP contribution in [-0.4, -0.2) is 96.7 Å². The van der Waals surface area contributed by atoms with Gasteiger partial charge in [0, 0.05) is 25.7 Å². The van der Waals surface area contributed by atoms with Crippen molar-refractivity contribution < 1.29 is 80.2 Å². The Bertz CT molecular complexity index is 2270. The first-order valence-corrected chi connectivity index (χ1v) is 38.8. The molecular weight excluding hydrogens is 1230 g/mol. The Labute approximate surface area is 568 Å². The van der Waals surface area contributed by atoms with Crippen LogP contribution in [0.2, 0.25) is 0 Å². The fourth-order valence-corrected chi connectivity index (χ4v) is 10.6. The van der Waals surface area contributed by atoms with Crippen molar-refractivity contribution in [3.05, 3.63) is 122 Å². The second-order valence-electron chi connectivity index (χ2n) is 23.4. The molecule has 0 fully saturated rings. The predicted octanol–water partition coefficient (Wildman–Crippen LogP) is 20.0. The summed E-state index contributed by atoms with van der Waals surface area (Å²) in [5.41, 5.74) is 0. The number of ether oxygens (including phenoxy) is 4. The second kappa shape index (κ2) is 67.0. The average molecular weight is 1360 g/mol. The van der Waals surface area contributed by atoms with Crippen LogP contribution in [0.15, 0.2) is 122 Å². The number of aliphatic hydroxyl groups is 1. The number of hydrogen-bond donors (Lipinski definition) is 3. The van der Waals surface area contributed by atoms with Crippen LogP contribution in [0, 0.1) is 0 Å². The van der Waals surface area contributed by atoms with Crippen molar-refractivity contribution in [1.29, 1.82) is 0 Å². The van der Waals surface area contributed by atoms with Crippen LogP contribution in [0.3, 0.4) is 0 Å². The fourth-order valence-electron chi connectivity index (χ4n) is 8.99. The third-order valence-electron chi connectivity index (χ3n) is 14.4. The summed E-state index contributed by atoms with van der Waals surface area (Å²) < 4.78 is 68.1. The highest BCUT2D eigenvalue weighted by Crippen LogP contribution is 2.45. The number of esters is 4. The van der Waals surface area contributed by atoms with E-state index in [1.54, 1.807) is 0 Å². The van der Waals surface area contributed by atoms with Gasteiger partial charge in [0.05, 0.1) is 26.4 Å². The first-order chi connectivity index (χ1) is 45.7. The summed E-state index contributed by atoms with van der Waals surface area (Å²) in [6.07, 6.45) is 70.9. The third kappa shape index (κ3) is 66.1. The summed E-state index contributed by atoms with van der Waals surface area (Å²) >= 11 is 0. The molecule has 538 valence electrons. The van der Waals surface area contributed by atoms with Crippen molar-refractivity contribution in [2.45, 2.75) is 290 Å². The van der Waals surface area contributed by atoms with Crippen molar-refractivity contribution in [3.63, 3.8) is 0 Å². The highest BCUT2D eigenvalue weighted by molar-refractivity contribution is 7.47. The van der Waals surface area contributed by atoms with E-state index < -0.39 is 97.5 Å². The third-order valence-corrected chi connectivity index (χ3v) is 16.3. The molecular formula is C75H126O17P2. The predicted molar refractivity (Wildman–Crippen MR) is 381 cm³/mol. The number of phosphoric acid groups is 2. The molecule has 0 aliphatic carbocycles. The zero-order chi connectivity index (χ0) is 69.0. The van der Waals surface area contributed by atoms with E-state index in [0.717, 1.165) is 135 Å². The van der Waals surface area contributed by atoms with Gasteiger partial charge in [0.25, 0.3) is 0 Å². The van der Waals surface area contributed by atoms with Crippen molar-refractivity contribution >= 4 is 39.5 Å². The maximum Gasteiger partial charge on any atom is 0.472 e. The van der Waals surface area contributed by atoms with Crippen LogP contribution in [-0.2, 0) is 65.4 Å². The molecule has 0 amide bonds. The van der Waals surface area contributed by atoms with Crippen LogP contribution < -0.4 is 0 Å². The summed E-state index contributed by atoms with van der Waals surface area (Å²) in [7, 11) is -9.96. The van der Waals surface area contributed by atoms with E-state index in [2.05, 4.69) is 137 Å². The van der Waals surface area contributed by atoms with Gasteiger partial charge in [-0.1, -0.05) is 246 Å². The Balaban J connectivity index is 5.38. The number of aliphatic hydroxyl groups excluding tert-OH is 1. The minimum Gasteiger partial charge on any atom is -0.462 e. The maximum atomic E-state index is 13.0. The van der Waals surface area contributed by atoms with Crippen molar-refractivity contribution in [2.24, 2.45) is 0 Å². The van der Waals surface area contributed by atoms with E-state index in [1.165, 1.54) is 51.4 Å². The first-order valence-electron chi connectivity index (χ1n) is 35.8. The van der Waals surface area contributed by atoms with Crippen LogP contribution in [0.4, 0.5) is 0 Å². The molecule has 0 saturated carbocycles. The Hall–Kier alpha value is -4.54. The summed E-state index contributed by atoms with van der Waals surface area (Å²) in [6, 6.07) is 0. The molecule has 0 spiro atoms. The molecule has 0 bridgehead atoms. The Morgan fingerprint density at radius 1 is 0.309 bits per heavy atom. The zero-order valence-electron chi connectivity index (χ0n) is 58.3. The lowest BCUT2D eigenvalue weighted by molar-refractivity contribution is -0.161. The van der Waals surface area contributed by atoms with E-state index in [9.17, 15) is 43.2 Å². The molecule has 19 heteroatoms. The number of unbranched alkanes of at least 4 members (excludes halogenated alkanes) is 20. The Kier molecular flexibility index (Phi) is 63.8. The van der Waals surface area contributed by atoms with Gasteiger partial charge in [0.1, 0.15) is 19.3 Å². The van der Waals surface area contributed by atoms with E-state index in [0.29, 0.717) is 32.1 Å². The molecule has 5 unspecified atom stereocenters. The Morgan fingerprint density at radius 2 is 0.574 bits per heavy atom. The van der Waals surface area contributed by atoms with Gasteiger partial charge < -0.3 is 33.8 Å². The standard InChI is InChI=1S/C75H126O17P2/c1-5-9-13-17-21-25-29-31-33-34-36-38-42-44-48-52-56-60-73(78)86-66-71(92-75(80)62-58-54-50-46-40-28-24-20-16-12-8-4)68-90-94(83,84)88-64-69(76)63-87-93(81,82)89-67-70(91-74(79)61-57-53-49-45-39-27-23-19-15-11-7-3)65-85-72(77)59-55-51-47-43-41-37-35-32-30-26-22-18-14-10-6-2/h9-10,13-14,20-22,24-26,31-33,35-36,38,41,43-44,48,69-71,76H,5-8,11-12,15-19,23,27-30,34,37,39-40,42,45-47,49-68H2,1-4H3,(H,81,82)(H,83,84)/b13-9-,14-10-,24-20-,25-21-,26-22-,33-31-,35-32-,38-36-,43-41-,48-44-. The molecule has 3 N–H and O–H groups in total. The van der Waals surface area contributed by atoms with Crippen LogP contribution in [0.1, 0.15) is 272 Å². The molecule has 0 aromatic rings. The molecule has 0 aromatic carbocycles.